The van der Waals surface area contributed by atoms with E-state index in [1.165, 1.54) is 33.3 Å². The van der Waals surface area contributed by atoms with Crippen LogP contribution >= 0.6 is 0 Å². The van der Waals surface area contributed by atoms with E-state index in [0.29, 0.717) is 5.92 Å². The Bertz CT molecular complexity index is 852. The predicted octanol–water partition coefficient (Wildman–Crippen LogP) is 5.46. The Morgan fingerprint density at radius 1 is 0.905 bits per heavy atom. The third-order valence-electron chi connectivity index (χ3n) is 4.70. The Morgan fingerprint density at radius 3 is 2.33 bits per heavy atom. The maximum Gasteiger partial charge on any atom is 0.153 e. The number of benzene rings is 2. The summed E-state index contributed by atoms with van der Waals surface area (Å²) in [5.41, 5.74) is 7.37. The average Bonchev–Trinajstić information content (AvgIpc) is 2.93. The molecule has 0 bridgehead atoms. The van der Waals surface area contributed by atoms with Gasteiger partial charge in [-0.15, -0.1) is 0 Å². The third-order valence-corrected chi connectivity index (χ3v) is 6.51. The highest BCUT2D eigenvalue weighted by Crippen LogP contribution is 2.50. The van der Waals surface area contributed by atoms with Crippen molar-refractivity contribution in [1.82, 2.24) is 4.23 Å². The molecule has 3 aromatic rings. The van der Waals surface area contributed by atoms with Gasteiger partial charge in [0.15, 0.2) is 8.24 Å². The zero-order chi connectivity index (χ0) is 14.8. The zero-order valence-electron chi connectivity index (χ0n) is 13.1. The van der Waals surface area contributed by atoms with Gasteiger partial charge in [0.1, 0.15) is 0 Å². The van der Waals surface area contributed by atoms with Crippen molar-refractivity contribution in [3.8, 4) is 11.3 Å². The first-order chi connectivity index (χ1) is 10.00. The summed E-state index contributed by atoms with van der Waals surface area (Å²) in [5, 5.41) is 1.44. The summed E-state index contributed by atoms with van der Waals surface area (Å²) in [4.78, 5) is 0. The highest BCUT2D eigenvalue weighted by Gasteiger charge is 2.34. The number of nitrogens with zero attached hydrogens (tertiary/aromatic N) is 1. The van der Waals surface area contributed by atoms with E-state index in [4.69, 9.17) is 0 Å². The van der Waals surface area contributed by atoms with Crippen LogP contribution in [0.25, 0.3) is 22.2 Å². The molecule has 4 rings (SSSR count). The van der Waals surface area contributed by atoms with Crippen LogP contribution in [0.4, 0.5) is 0 Å². The molecule has 0 aliphatic heterocycles. The molecule has 0 fully saturated rings. The maximum absolute atomic E-state index is 2.67. The largest absolute Gasteiger partial charge is 0.368 e. The van der Waals surface area contributed by atoms with Crippen LogP contribution < -0.4 is 0 Å². The van der Waals surface area contributed by atoms with Crippen LogP contribution in [-0.4, -0.2) is 12.5 Å². The molecule has 1 nitrogen and oxygen atoms in total. The summed E-state index contributed by atoms with van der Waals surface area (Å²) in [6.07, 6.45) is 0. The summed E-state index contributed by atoms with van der Waals surface area (Å²) in [5.74, 6) is 0.499. The predicted molar refractivity (Wildman–Crippen MR) is 93.6 cm³/mol. The Morgan fingerprint density at radius 2 is 1.57 bits per heavy atom. The smallest absolute Gasteiger partial charge is 0.153 e. The Hall–Kier alpha value is -1.80. The molecule has 1 aliphatic rings. The molecule has 1 aliphatic carbocycles. The van der Waals surface area contributed by atoms with Gasteiger partial charge in [-0.25, -0.2) is 0 Å². The second-order valence-corrected chi connectivity index (χ2v) is 11.9. The molecular weight excluding hydrogens is 270 g/mol. The van der Waals surface area contributed by atoms with Gasteiger partial charge < -0.3 is 4.23 Å². The molecule has 2 aromatic carbocycles. The summed E-state index contributed by atoms with van der Waals surface area (Å²) in [7, 11) is -1.48. The van der Waals surface area contributed by atoms with Crippen LogP contribution in [0.15, 0.2) is 48.5 Å². The van der Waals surface area contributed by atoms with E-state index in [0.717, 1.165) is 0 Å². The van der Waals surface area contributed by atoms with Gasteiger partial charge in [-0.1, -0.05) is 69.0 Å². The van der Waals surface area contributed by atoms with Gasteiger partial charge in [-0.2, -0.15) is 0 Å². The first-order valence-corrected chi connectivity index (χ1v) is 11.2. The van der Waals surface area contributed by atoms with Crippen molar-refractivity contribution >= 4 is 19.1 Å². The normalized spacial score (nSPS) is 17.0. The molecule has 0 N–H and O–H groups in total. The van der Waals surface area contributed by atoms with Gasteiger partial charge >= 0.3 is 0 Å². The van der Waals surface area contributed by atoms with Crippen molar-refractivity contribution in [3.05, 3.63) is 59.7 Å². The van der Waals surface area contributed by atoms with Crippen LogP contribution in [0.1, 0.15) is 24.0 Å². The lowest BCUT2D eigenvalue weighted by atomic mass is 9.97. The molecule has 0 saturated heterocycles. The number of fused-ring (bicyclic) bond motifs is 5. The molecule has 2 heteroatoms. The van der Waals surface area contributed by atoms with Crippen LogP contribution in [0.3, 0.4) is 0 Å². The molecule has 1 aromatic heterocycles. The number of rotatable bonds is 1. The van der Waals surface area contributed by atoms with Gasteiger partial charge in [-0.3, -0.25) is 0 Å². The van der Waals surface area contributed by atoms with Crippen molar-refractivity contribution in [2.75, 3.05) is 0 Å². The average molecular weight is 291 g/mol. The fourth-order valence-corrected chi connectivity index (χ4v) is 5.74. The highest BCUT2D eigenvalue weighted by atomic mass is 28.3. The van der Waals surface area contributed by atoms with E-state index in [2.05, 4.69) is 79.3 Å². The minimum Gasteiger partial charge on any atom is -0.368 e. The molecule has 1 atom stereocenters. The van der Waals surface area contributed by atoms with E-state index in [-0.39, 0.29) is 0 Å². The molecule has 0 amide bonds. The lowest BCUT2D eigenvalue weighted by molar-refractivity contribution is 0.967. The van der Waals surface area contributed by atoms with Crippen molar-refractivity contribution in [1.29, 1.82) is 0 Å². The number of hydrogen-bond acceptors (Lipinski definition) is 0. The summed E-state index contributed by atoms with van der Waals surface area (Å²) in [6.45, 7) is 9.66. The van der Waals surface area contributed by atoms with Crippen LogP contribution in [0.2, 0.25) is 19.6 Å². The minimum atomic E-state index is -1.48. The van der Waals surface area contributed by atoms with E-state index in [1.54, 1.807) is 0 Å². The SMILES string of the molecule is CC1c2ccccc2-c2c1c1ccccc1n2[Si](C)(C)C. The van der Waals surface area contributed by atoms with Gasteiger partial charge in [0, 0.05) is 28.1 Å². The van der Waals surface area contributed by atoms with Crippen LogP contribution in [-0.2, 0) is 0 Å². The van der Waals surface area contributed by atoms with E-state index in [9.17, 15) is 0 Å². The van der Waals surface area contributed by atoms with Gasteiger partial charge in [0.05, 0.1) is 0 Å². The maximum atomic E-state index is 2.67. The first-order valence-electron chi connectivity index (χ1n) is 7.73. The van der Waals surface area contributed by atoms with Crippen molar-refractivity contribution in [2.45, 2.75) is 32.5 Å². The second kappa shape index (κ2) is 4.11. The third kappa shape index (κ3) is 1.63. The molecule has 1 unspecified atom stereocenters. The van der Waals surface area contributed by atoms with Crippen LogP contribution in [0, 0.1) is 0 Å². The standard InChI is InChI=1S/C19H21NSi/c1-13-14-9-5-6-10-15(14)19-18(13)16-11-7-8-12-17(16)20(19)21(2,3)4/h5-13H,1-4H3. The monoisotopic (exact) mass is 291 g/mol. The fraction of sp³-hybridized carbons (Fsp3) is 0.263. The first kappa shape index (κ1) is 12.9. The molecule has 0 spiro atoms. The van der Waals surface area contributed by atoms with Crippen molar-refractivity contribution < 1.29 is 0 Å². The molecule has 106 valence electrons. The Labute approximate surface area is 127 Å². The van der Waals surface area contributed by atoms with Gasteiger partial charge in [-0.05, 0) is 17.2 Å². The highest BCUT2D eigenvalue weighted by molar-refractivity contribution is 6.75. The zero-order valence-corrected chi connectivity index (χ0v) is 14.1. The molecule has 0 radical (unpaired) electrons. The quantitative estimate of drug-likeness (QED) is 0.525. The topological polar surface area (TPSA) is 4.93 Å². The number of hydrogen-bond donors (Lipinski definition) is 0. The Kier molecular flexibility index (Phi) is 2.52. The lowest BCUT2D eigenvalue weighted by Crippen LogP contribution is -2.32. The fourth-order valence-electron chi connectivity index (χ4n) is 3.91. The Balaban J connectivity index is 2.22. The van der Waals surface area contributed by atoms with Gasteiger partial charge in [0.2, 0.25) is 0 Å². The van der Waals surface area contributed by atoms with Gasteiger partial charge in [0.25, 0.3) is 0 Å². The molecule has 0 saturated carbocycles. The van der Waals surface area contributed by atoms with E-state index in [1.807, 2.05) is 0 Å². The van der Waals surface area contributed by atoms with Crippen LogP contribution in [0.5, 0.6) is 0 Å². The summed E-state index contributed by atoms with van der Waals surface area (Å²) < 4.78 is 2.67. The number of para-hydroxylation sites is 1. The summed E-state index contributed by atoms with van der Waals surface area (Å²) >= 11 is 0. The minimum absolute atomic E-state index is 0.499. The van der Waals surface area contributed by atoms with E-state index >= 15 is 0 Å². The van der Waals surface area contributed by atoms with E-state index < -0.39 is 8.24 Å². The lowest BCUT2D eigenvalue weighted by Gasteiger charge is -2.24. The van der Waals surface area contributed by atoms with Crippen molar-refractivity contribution in [2.24, 2.45) is 0 Å². The van der Waals surface area contributed by atoms with Crippen molar-refractivity contribution in [3.63, 3.8) is 0 Å². The number of aromatic nitrogens is 1. The molecular formula is C19H21NSi. The second-order valence-electron chi connectivity index (χ2n) is 7.09. The molecule has 21 heavy (non-hydrogen) atoms. The summed E-state index contributed by atoms with van der Waals surface area (Å²) in [6, 6.07) is 17.9. The molecule has 1 heterocycles.